The van der Waals surface area contributed by atoms with Crippen LogP contribution in [0.5, 0.6) is 0 Å². The molecule has 0 aliphatic rings. The molecular formula is C26H25IrN2O2-. The van der Waals surface area contributed by atoms with E-state index in [2.05, 4.69) is 73.2 Å². The van der Waals surface area contributed by atoms with Gasteiger partial charge in [-0.1, -0.05) is 32.0 Å². The third-order valence-electron chi connectivity index (χ3n) is 4.66. The van der Waals surface area contributed by atoms with Gasteiger partial charge >= 0.3 is 0 Å². The molecule has 2 aromatic heterocycles. The predicted octanol–water partition coefficient (Wildman–Crippen LogP) is 6.21. The molecule has 4 aromatic rings. The van der Waals surface area contributed by atoms with Gasteiger partial charge in [0.2, 0.25) is 0 Å². The Kier molecular flexibility index (Phi) is 8.21. The third kappa shape index (κ3) is 5.84. The van der Waals surface area contributed by atoms with Crippen LogP contribution in [0.4, 0.5) is 0 Å². The number of nitrogens with zero attached hydrogens (tertiary/aromatic N) is 2. The zero-order valence-corrected chi connectivity index (χ0v) is 20.7. The molecule has 0 fully saturated rings. The number of fused-ring (bicyclic) bond motifs is 3. The SMILES string of the molecule is CC(=O)/C=C(/C)O.Cc1[c-]c(-c2nccc3c2cnc2c(C)cccc23)cc(C)c1.[Ir]. The van der Waals surface area contributed by atoms with Gasteiger partial charge in [0.15, 0.2) is 5.78 Å². The molecule has 1 N–H and O–H groups in total. The topological polar surface area (TPSA) is 63.1 Å². The molecular weight excluding hydrogens is 565 g/mol. The molecule has 0 bridgehead atoms. The second-order valence-corrected chi connectivity index (χ2v) is 7.50. The van der Waals surface area contributed by atoms with Gasteiger partial charge in [-0.25, -0.2) is 0 Å². The summed E-state index contributed by atoms with van der Waals surface area (Å²) in [6.07, 6.45) is 4.99. The van der Waals surface area contributed by atoms with Gasteiger partial charge in [-0.2, -0.15) is 0 Å². The van der Waals surface area contributed by atoms with E-state index in [1.165, 1.54) is 41.8 Å². The van der Waals surface area contributed by atoms with Crippen molar-refractivity contribution in [1.82, 2.24) is 9.97 Å². The average molecular weight is 590 g/mol. The molecule has 0 aliphatic carbocycles. The van der Waals surface area contributed by atoms with Gasteiger partial charge in [0.05, 0.1) is 11.3 Å². The first kappa shape index (κ1) is 24.4. The van der Waals surface area contributed by atoms with Crippen molar-refractivity contribution in [2.24, 2.45) is 0 Å². The van der Waals surface area contributed by atoms with E-state index in [9.17, 15) is 4.79 Å². The summed E-state index contributed by atoms with van der Waals surface area (Å²) >= 11 is 0. The number of aromatic nitrogens is 2. The molecule has 0 saturated heterocycles. The number of hydrogen-bond acceptors (Lipinski definition) is 4. The molecule has 0 spiro atoms. The minimum atomic E-state index is -0.125. The van der Waals surface area contributed by atoms with E-state index in [1.54, 1.807) is 0 Å². The smallest absolute Gasteiger partial charge is 0.155 e. The van der Waals surface area contributed by atoms with Crippen LogP contribution in [0.1, 0.15) is 30.5 Å². The number of allylic oxidation sites excluding steroid dienone is 2. The van der Waals surface area contributed by atoms with Gasteiger partial charge < -0.3 is 10.1 Å². The van der Waals surface area contributed by atoms with Crippen molar-refractivity contribution in [2.45, 2.75) is 34.6 Å². The zero-order valence-electron chi connectivity index (χ0n) is 18.3. The van der Waals surface area contributed by atoms with Crippen LogP contribution in [0.3, 0.4) is 0 Å². The van der Waals surface area contributed by atoms with E-state index >= 15 is 0 Å². The van der Waals surface area contributed by atoms with Crippen LogP contribution in [0.15, 0.2) is 60.6 Å². The molecule has 0 atom stereocenters. The quantitative estimate of drug-likeness (QED) is 0.131. The van der Waals surface area contributed by atoms with Crippen molar-refractivity contribution in [3.05, 3.63) is 83.4 Å². The summed E-state index contributed by atoms with van der Waals surface area (Å²) in [4.78, 5) is 19.3. The minimum Gasteiger partial charge on any atom is -0.512 e. The molecule has 0 amide bonds. The summed E-state index contributed by atoms with van der Waals surface area (Å²) < 4.78 is 0. The molecule has 31 heavy (non-hydrogen) atoms. The maximum atomic E-state index is 10.0. The summed E-state index contributed by atoms with van der Waals surface area (Å²) in [6.45, 7) is 9.12. The van der Waals surface area contributed by atoms with Gasteiger partial charge in [0, 0.05) is 44.0 Å². The first-order valence-corrected chi connectivity index (χ1v) is 9.78. The van der Waals surface area contributed by atoms with Crippen molar-refractivity contribution in [3.8, 4) is 11.3 Å². The molecule has 0 aliphatic heterocycles. The first-order valence-electron chi connectivity index (χ1n) is 9.78. The van der Waals surface area contributed by atoms with Gasteiger partial charge in [-0.15, -0.1) is 34.9 Å². The Hall–Kier alpha value is -2.88. The Labute approximate surface area is 196 Å². The van der Waals surface area contributed by atoms with Crippen LogP contribution in [0, 0.1) is 26.8 Å². The molecule has 4 rings (SSSR count). The number of aliphatic hydroxyl groups is 1. The first-order chi connectivity index (χ1) is 14.3. The average Bonchev–Trinajstić information content (AvgIpc) is 2.66. The summed E-state index contributed by atoms with van der Waals surface area (Å²) in [5, 5.41) is 11.8. The zero-order chi connectivity index (χ0) is 21.8. The van der Waals surface area contributed by atoms with Gasteiger partial charge in [0.1, 0.15) is 0 Å². The number of hydrogen-bond donors (Lipinski definition) is 1. The van der Waals surface area contributed by atoms with Crippen LogP contribution in [0.2, 0.25) is 0 Å². The standard InChI is InChI=1S/C21H17N2.C5H8O2.Ir/c1-13-9-14(2)11-16(10-13)21-19-12-23-20-15(3)5-4-6-18(20)17(19)7-8-22-21;1-4(6)3-5(2)7;/h4-10,12H,1-3H3;3,6H,1-2H3;/q-1;;/b;4-3-;. The summed E-state index contributed by atoms with van der Waals surface area (Å²) in [5.74, 6) is -0.0625. The largest absolute Gasteiger partial charge is 0.512 e. The normalized spacial score (nSPS) is 10.9. The second kappa shape index (κ2) is 10.4. The second-order valence-electron chi connectivity index (χ2n) is 7.50. The summed E-state index contributed by atoms with van der Waals surface area (Å²) in [6, 6.07) is 16.1. The fourth-order valence-corrected chi connectivity index (χ4v) is 3.55. The predicted molar refractivity (Wildman–Crippen MR) is 123 cm³/mol. The number of ketones is 1. The molecule has 2 heterocycles. The van der Waals surface area contributed by atoms with Crippen LogP contribution in [0.25, 0.3) is 32.9 Å². The summed E-state index contributed by atoms with van der Waals surface area (Å²) in [7, 11) is 0. The van der Waals surface area contributed by atoms with Crippen LogP contribution < -0.4 is 0 Å². The van der Waals surface area contributed by atoms with Gasteiger partial charge in [-0.3, -0.25) is 9.78 Å². The fourth-order valence-electron chi connectivity index (χ4n) is 3.55. The molecule has 5 heteroatoms. The third-order valence-corrected chi connectivity index (χ3v) is 4.66. The van der Waals surface area contributed by atoms with Crippen molar-refractivity contribution in [2.75, 3.05) is 0 Å². The Bertz CT molecular complexity index is 1260. The molecule has 0 unspecified atom stereocenters. The fraction of sp³-hybridized carbons (Fsp3) is 0.192. The van der Waals surface area contributed by atoms with Crippen LogP contribution >= 0.6 is 0 Å². The number of aryl methyl sites for hydroxylation is 3. The van der Waals surface area contributed by atoms with Gasteiger partial charge in [-0.05, 0) is 48.9 Å². The van der Waals surface area contributed by atoms with E-state index in [0.717, 1.165) is 27.7 Å². The van der Waals surface area contributed by atoms with E-state index in [1.807, 2.05) is 12.4 Å². The number of rotatable bonds is 2. The minimum absolute atomic E-state index is 0. The van der Waals surface area contributed by atoms with E-state index in [0.29, 0.717) is 0 Å². The number of aliphatic hydroxyl groups excluding tert-OH is 1. The maximum absolute atomic E-state index is 10.0. The Morgan fingerprint density at radius 2 is 1.74 bits per heavy atom. The van der Waals surface area contributed by atoms with Gasteiger partial charge in [0.25, 0.3) is 0 Å². The Morgan fingerprint density at radius 1 is 1.00 bits per heavy atom. The van der Waals surface area contributed by atoms with Crippen LogP contribution in [-0.2, 0) is 24.9 Å². The number of pyridine rings is 2. The Morgan fingerprint density at radius 3 is 2.35 bits per heavy atom. The number of carbonyl (C=O) groups excluding carboxylic acids is 1. The van der Waals surface area contributed by atoms with Crippen molar-refractivity contribution in [1.29, 1.82) is 0 Å². The number of carbonyl (C=O) groups is 1. The van der Waals surface area contributed by atoms with E-state index < -0.39 is 0 Å². The maximum Gasteiger partial charge on any atom is 0.155 e. The molecule has 0 saturated carbocycles. The van der Waals surface area contributed by atoms with Crippen LogP contribution in [-0.4, -0.2) is 20.9 Å². The molecule has 4 nitrogen and oxygen atoms in total. The van der Waals surface area contributed by atoms with Crippen molar-refractivity contribution >= 4 is 27.5 Å². The summed E-state index contributed by atoms with van der Waals surface area (Å²) in [5.41, 5.74) is 6.58. The van der Waals surface area contributed by atoms with E-state index in [-0.39, 0.29) is 31.6 Å². The monoisotopic (exact) mass is 590 g/mol. The number of para-hydroxylation sites is 1. The Balaban J connectivity index is 0.000000373. The number of benzene rings is 2. The molecule has 1 radical (unpaired) electrons. The molecule has 161 valence electrons. The van der Waals surface area contributed by atoms with Crippen molar-refractivity contribution in [3.63, 3.8) is 0 Å². The molecule has 2 aromatic carbocycles. The van der Waals surface area contributed by atoms with Crippen molar-refractivity contribution < 1.29 is 30.0 Å². The van der Waals surface area contributed by atoms with E-state index in [4.69, 9.17) is 5.11 Å².